The molecule has 0 fully saturated rings. The van der Waals surface area contributed by atoms with Gasteiger partial charge in [-0.05, 0) is 109 Å². The van der Waals surface area contributed by atoms with E-state index in [2.05, 4.69) is 129 Å². The molecule has 0 spiro atoms. The zero-order chi connectivity index (χ0) is 29.3. The predicted octanol–water partition coefficient (Wildman–Crippen LogP) is 11.1. The Morgan fingerprint density at radius 3 is 1.44 bits per heavy atom. The van der Waals surface area contributed by atoms with Gasteiger partial charge in [-0.2, -0.15) is 0 Å². The first-order valence-electron chi connectivity index (χ1n) is 16.2. The molecule has 0 amide bonds. The molecule has 3 aromatic rings. The Morgan fingerprint density at radius 1 is 0.561 bits per heavy atom. The third kappa shape index (κ3) is 3.83. The van der Waals surface area contributed by atoms with E-state index in [1.165, 1.54) is 31.2 Å². The highest BCUT2D eigenvalue weighted by atomic mass is 28.3. The van der Waals surface area contributed by atoms with Gasteiger partial charge in [0.1, 0.15) is 0 Å². The van der Waals surface area contributed by atoms with Gasteiger partial charge in [-0.25, -0.2) is 0 Å². The molecule has 1 atom stereocenters. The third-order valence-electron chi connectivity index (χ3n) is 12.3. The van der Waals surface area contributed by atoms with Gasteiger partial charge in [0.05, 0.1) is 8.07 Å². The van der Waals surface area contributed by atoms with Gasteiger partial charge >= 0.3 is 0 Å². The summed E-state index contributed by atoms with van der Waals surface area (Å²) in [7, 11) is -1.93. The zero-order valence-corrected chi connectivity index (χ0v) is 28.3. The first kappa shape index (κ1) is 27.5. The van der Waals surface area contributed by atoms with Crippen molar-refractivity contribution >= 4 is 14.1 Å². The van der Waals surface area contributed by atoms with Crippen molar-refractivity contribution in [1.29, 1.82) is 0 Å². The minimum Gasteiger partial charge on any atom is -0.0791 e. The fraction of sp³-hybridized carbons (Fsp3) is 0.500. The van der Waals surface area contributed by atoms with Crippen molar-refractivity contribution in [3.63, 3.8) is 0 Å². The van der Waals surface area contributed by atoms with Crippen molar-refractivity contribution in [2.45, 2.75) is 127 Å². The van der Waals surface area contributed by atoms with Gasteiger partial charge in [0.25, 0.3) is 0 Å². The smallest absolute Gasteiger partial charge is 0.0723 e. The Morgan fingerprint density at radius 2 is 0.976 bits per heavy atom. The summed E-state index contributed by atoms with van der Waals surface area (Å²) in [6, 6.07) is 20.0. The van der Waals surface area contributed by atoms with Gasteiger partial charge in [-0.15, -0.1) is 0 Å². The molecule has 3 aromatic carbocycles. The number of hydrogen-bond acceptors (Lipinski definition) is 0. The van der Waals surface area contributed by atoms with Gasteiger partial charge in [0, 0.05) is 5.54 Å². The summed E-state index contributed by atoms with van der Waals surface area (Å²) in [6.07, 6.45) is 10.0. The average Bonchev–Trinajstić information content (AvgIpc) is 3.48. The van der Waals surface area contributed by atoms with Gasteiger partial charge in [0.2, 0.25) is 0 Å². The number of hydrogen-bond donors (Lipinski definition) is 0. The first-order chi connectivity index (χ1) is 19.0. The van der Waals surface area contributed by atoms with Crippen LogP contribution in [0.3, 0.4) is 0 Å². The highest BCUT2D eigenvalue weighted by molar-refractivity contribution is 6.81. The molecule has 1 heteroatoms. The predicted molar refractivity (Wildman–Crippen MR) is 180 cm³/mol. The van der Waals surface area contributed by atoms with Crippen molar-refractivity contribution in [3.05, 3.63) is 99.1 Å². The molecule has 0 aromatic heterocycles. The van der Waals surface area contributed by atoms with Crippen LogP contribution in [0, 0.1) is 0 Å². The van der Waals surface area contributed by atoms with E-state index in [1.807, 2.05) is 0 Å². The van der Waals surface area contributed by atoms with Gasteiger partial charge < -0.3 is 0 Å². The third-order valence-corrected chi connectivity index (χ3v) is 16.5. The second kappa shape index (κ2) is 8.37. The van der Waals surface area contributed by atoms with Crippen LogP contribution in [0.25, 0.3) is 17.2 Å². The maximum absolute atomic E-state index is 2.73. The Kier molecular flexibility index (Phi) is 5.61. The fourth-order valence-electron chi connectivity index (χ4n) is 9.25. The maximum Gasteiger partial charge on any atom is 0.0723 e. The highest BCUT2D eigenvalue weighted by Crippen LogP contribution is 2.59. The fourth-order valence-corrected chi connectivity index (χ4v) is 13.3. The normalized spacial score (nSPS) is 24.3. The molecule has 4 aliphatic carbocycles. The molecule has 0 nitrogen and oxygen atoms in total. The van der Waals surface area contributed by atoms with Crippen LogP contribution in [0.2, 0.25) is 13.1 Å². The van der Waals surface area contributed by atoms with Crippen LogP contribution in [0.4, 0.5) is 0 Å². The summed E-state index contributed by atoms with van der Waals surface area (Å²) in [5, 5.41) is 0. The molecule has 0 aliphatic heterocycles. The lowest BCUT2D eigenvalue weighted by Gasteiger charge is -2.43. The van der Waals surface area contributed by atoms with Crippen molar-refractivity contribution in [2.24, 2.45) is 0 Å². The van der Waals surface area contributed by atoms with E-state index >= 15 is 0 Å². The van der Waals surface area contributed by atoms with Gasteiger partial charge in [0.15, 0.2) is 0 Å². The Labute approximate surface area is 250 Å². The van der Waals surface area contributed by atoms with E-state index in [0.717, 1.165) is 0 Å². The Bertz CT molecular complexity index is 1540. The van der Waals surface area contributed by atoms with Crippen LogP contribution in [0.5, 0.6) is 0 Å². The number of rotatable bonds is 2. The number of fused-ring (bicyclic) bond motifs is 6. The van der Waals surface area contributed by atoms with E-state index in [9.17, 15) is 0 Å². The molecule has 0 heterocycles. The van der Waals surface area contributed by atoms with E-state index in [-0.39, 0.29) is 21.7 Å². The van der Waals surface area contributed by atoms with Crippen LogP contribution in [-0.2, 0) is 21.7 Å². The topological polar surface area (TPSA) is 0 Å². The highest BCUT2D eigenvalue weighted by Gasteiger charge is 2.50. The zero-order valence-electron chi connectivity index (χ0n) is 27.3. The van der Waals surface area contributed by atoms with E-state index < -0.39 is 8.07 Å². The van der Waals surface area contributed by atoms with Crippen LogP contribution in [0.1, 0.15) is 137 Å². The molecule has 1 unspecified atom stereocenters. The molecule has 0 bridgehead atoms. The molecular formula is C40H50Si. The van der Waals surface area contributed by atoms with Crippen LogP contribution in [-0.4, -0.2) is 8.07 Å². The lowest BCUT2D eigenvalue weighted by atomic mass is 9.62. The lowest BCUT2D eigenvalue weighted by molar-refractivity contribution is 0.331. The van der Waals surface area contributed by atoms with E-state index in [0.29, 0.717) is 11.1 Å². The molecular weight excluding hydrogens is 509 g/mol. The molecule has 0 radical (unpaired) electrons. The quantitative estimate of drug-likeness (QED) is 0.274. The summed E-state index contributed by atoms with van der Waals surface area (Å²) in [4.78, 5) is 0. The monoisotopic (exact) mass is 558 g/mol. The standard InChI is InChI=1S/C40H50Si/c1-37(2)17-19-39(5,6)33-23-29-27(21-31(33)37)28-22-32-34(40(7,8)20-18-38(32,3)4)24-30(28)36(29)41(9,10)35-16-15-25-13-11-12-14-26(25)35/h11-16,21-24,35-36H,17-20H2,1-10H3. The number of benzene rings is 3. The van der Waals surface area contributed by atoms with Crippen molar-refractivity contribution in [3.8, 4) is 11.1 Å². The summed E-state index contributed by atoms with van der Waals surface area (Å²) >= 11 is 0. The Hall–Kier alpha value is -2.38. The summed E-state index contributed by atoms with van der Waals surface area (Å²) in [5.74, 6) is 0. The first-order valence-corrected chi connectivity index (χ1v) is 19.4. The van der Waals surface area contributed by atoms with Gasteiger partial charge in [-0.3, -0.25) is 0 Å². The van der Waals surface area contributed by atoms with Crippen molar-refractivity contribution in [1.82, 2.24) is 0 Å². The second-order valence-corrected chi connectivity index (χ2v) is 22.1. The summed E-state index contributed by atoms with van der Waals surface area (Å²) in [5.41, 5.74) is 17.7. The molecule has 7 rings (SSSR count). The minimum atomic E-state index is -1.93. The van der Waals surface area contributed by atoms with Crippen LogP contribution >= 0.6 is 0 Å². The molecule has 214 valence electrons. The van der Waals surface area contributed by atoms with E-state index in [1.54, 1.807) is 50.1 Å². The van der Waals surface area contributed by atoms with Crippen molar-refractivity contribution in [2.75, 3.05) is 0 Å². The molecule has 0 N–H and O–H groups in total. The molecule has 0 saturated heterocycles. The minimum absolute atomic E-state index is 0.216. The Balaban J connectivity index is 1.53. The number of allylic oxidation sites excluding steroid dienone is 1. The molecule has 0 saturated carbocycles. The largest absolute Gasteiger partial charge is 0.0791 e. The van der Waals surface area contributed by atoms with Crippen LogP contribution in [0.15, 0.2) is 54.6 Å². The average molecular weight is 559 g/mol. The van der Waals surface area contributed by atoms with Gasteiger partial charge in [-0.1, -0.05) is 129 Å². The van der Waals surface area contributed by atoms with E-state index in [4.69, 9.17) is 0 Å². The second-order valence-electron chi connectivity index (χ2n) is 17.2. The summed E-state index contributed by atoms with van der Waals surface area (Å²) < 4.78 is 0. The molecule has 4 aliphatic rings. The lowest BCUT2D eigenvalue weighted by Crippen LogP contribution is -2.42. The van der Waals surface area contributed by atoms with Crippen molar-refractivity contribution < 1.29 is 0 Å². The van der Waals surface area contributed by atoms with Crippen LogP contribution < -0.4 is 0 Å². The molecule has 41 heavy (non-hydrogen) atoms. The maximum atomic E-state index is 2.73. The summed E-state index contributed by atoms with van der Waals surface area (Å²) in [6.45, 7) is 25.3. The SMILES string of the molecule is CC1(C)CCC(C)(C)c2cc3c(cc21)-c1cc2c(cc1C3[Si](C)(C)C1C=Cc3ccccc31)C(C)(C)CCC2(C)C.